The number of hydrogen-bond donors (Lipinski definition) is 2. The molecule has 1 aliphatic heterocycles. The summed E-state index contributed by atoms with van der Waals surface area (Å²) in [7, 11) is 1.65. The highest BCUT2D eigenvalue weighted by Crippen LogP contribution is 2.17. The van der Waals surface area contributed by atoms with Crippen LogP contribution in [-0.2, 0) is 4.79 Å². The van der Waals surface area contributed by atoms with Gasteiger partial charge in [-0.3, -0.25) is 4.79 Å². The molecule has 2 atom stereocenters. The lowest BCUT2D eigenvalue weighted by Crippen LogP contribution is -2.29. The van der Waals surface area contributed by atoms with Gasteiger partial charge in [0.05, 0.1) is 13.2 Å². The summed E-state index contributed by atoms with van der Waals surface area (Å²) >= 11 is 0. The molecule has 1 aromatic rings. The average molecular weight is 313 g/mol. The van der Waals surface area contributed by atoms with E-state index in [9.17, 15) is 4.79 Å². The van der Waals surface area contributed by atoms with E-state index < -0.39 is 0 Å². The fourth-order valence-corrected chi connectivity index (χ4v) is 2.60. The van der Waals surface area contributed by atoms with Crippen LogP contribution in [0.5, 0.6) is 5.75 Å². The van der Waals surface area contributed by atoms with Crippen LogP contribution in [0.4, 0.5) is 0 Å². The minimum absolute atomic E-state index is 0. The molecule has 118 valence electrons. The first-order chi connectivity index (χ1) is 9.69. The van der Waals surface area contributed by atoms with Crippen LogP contribution in [0.25, 0.3) is 0 Å². The van der Waals surface area contributed by atoms with E-state index in [0.717, 1.165) is 24.3 Å². The van der Waals surface area contributed by atoms with E-state index in [-0.39, 0.29) is 24.4 Å². The molecule has 1 fully saturated rings. The Morgan fingerprint density at radius 3 is 2.71 bits per heavy atom. The molecule has 0 bridgehead atoms. The number of hydrogen-bond acceptors (Lipinski definition) is 3. The molecule has 5 heteroatoms. The van der Waals surface area contributed by atoms with E-state index >= 15 is 0 Å². The molecule has 1 aromatic carbocycles. The SMILES string of the molecule is COc1ccc(C(C)NC(=O)CCC2CCCN2)cc1.Cl. The third-order valence-corrected chi connectivity index (χ3v) is 3.88. The highest BCUT2D eigenvalue weighted by atomic mass is 35.5. The van der Waals surface area contributed by atoms with E-state index in [0.29, 0.717) is 12.5 Å². The fourth-order valence-electron chi connectivity index (χ4n) is 2.60. The Balaban J connectivity index is 0.00000220. The van der Waals surface area contributed by atoms with Crippen molar-refractivity contribution >= 4 is 18.3 Å². The van der Waals surface area contributed by atoms with Crippen molar-refractivity contribution in [2.24, 2.45) is 0 Å². The monoisotopic (exact) mass is 312 g/mol. The van der Waals surface area contributed by atoms with Gasteiger partial charge in [0.15, 0.2) is 0 Å². The number of benzene rings is 1. The molecule has 2 rings (SSSR count). The van der Waals surface area contributed by atoms with Crippen molar-refractivity contribution in [3.8, 4) is 5.75 Å². The Bertz CT molecular complexity index is 430. The molecular formula is C16H25ClN2O2. The molecule has 0 radical (unpaired) electrons. The highest BCUT2D eigenvalue weighted by Gasteiger charge is 2.16. The Kier molecular flexibility index (Phi) is 7.54. The highest BCUT2D eigenvalue weighted by molar-refractivity contribution is 5.85. The molecule has 1 heterocycles. The second kappa shape index (κ2) is 8.90. The summed E-state index contributed by atoms with van der Waals surface area (Å²) in [6, 6.07) is 8.37. The first-order valence-corrected chi connectivity index (χ1v) is 7.35. The molecule has 4 nitrogen and oxygen atoms in total. The van der Waals surface area contributed by atoms with Gasteiger partial charge in [-0.25, -0.2) is 0 Å². The van der Waals surface area contributed by atoms with Gasteiger partial charge in [0.2, 0.25) is 5.91 Å². The second-order valence-electron chi connectivity index (χ2n) is 5.39. The van der Waals surface area contributed by atoms with Crippen LogP contribution in [0, 0.1) is 0 Å². The van der Waals surface area contributed by atoms with Crippen LogP contribution in [0.1, 0.15) is 44.2 Å². The van der Waals surface area contributed by atoms with E-state index in [1.807, 2.05) is 31.2 Å². The van der Waals surface area contributed by atoms with Crippen LogP contribution >= 0.6 is 12.4 Å². The van der Waals surface area contributed by atoms with Crippen LogP contribution in [0.3, 0.4) is 0 Å². The standard InChI is InChI=1S/C16H24N2O2.ClH/c1-12(13-5-8-15(20-2)9-6-13)18-16(19)10-7-14-4-3-11-17-14;/h5-6,8-9,12,14,17H,3-4,7,10-11H2,1-2H3,(H,18,19);1H. The first-order valence-electron chi connectivity index (χ1n) is 7.35. The summed E-state index contributed by atoms with van der Waals surface area (Å²) in [4.78, 5) is 11.9. The van der Waals surface area contributed by atoms with E-state index in [4.69, 9.17) is 4.74 Å². The minimum atomic E-state index is 0. The number of carbonyl (C=O) groups excluding carboxylic acids is 1. The van der Waals surface area contributed by atoms with Crippen molar-refractivity contribution in [1.29, 1.82) is 0 Å². The summed E-state index contributed by atoms with van der Waals surface area (Å²) in [6.45, 7) is 3.10. The third kappa shape index (κ3) is 5.56. The minimum Gasteiger partial charge on any atom is -0.497 e. The topological polar surface area (TPSA) is 50.4 Å². The van der Waals surface area contributed by atoms with Crippen molar-refractivity contribution in [3.63, 3.8) is 0 Å². The van der Waals surface area contributed by atoms with Crippen LogP contribution in [0.15, 0.2) is 24.3 Å². The maximum absolute atomic E-state index is 11.9. The van der Waals surface area contributed by atoms with Gasteiger partial charge in [-0.2, -0.15) is 0 Å². The van der Waals surface area contributed by atoms with Crippen LogP contribution in [0.2, 0.25) is 0 Å². The molecule has 0 aliphatic carbocycles. The zero-order chi connectivity index (χ0) is 14.4. The number of carbonyl (C=O) groups is 1. The summed E-state index contributed by atoms with van der Waals surface area (Å²) < 4.78 is 5.13. The fraction of sp³-hybridized carbons (Fsp3) is 0.562. The molecule has 2 unspecified atom stereocenters. The Labute approximate surface area is 133 Å². The van der Waals surface area contributed by atoms with Crippen molar-refractivity contribution < 1.29 is 9.53 Å². The molecule has 1 aliphatic rings. The summed E-state index contributed by atoms with van der Waals surface area (Å²) in [5.41, 5.74) is 1.10. The Morgan fingerprint density at radius 2 is 2.14 bits per heavy atom. The van der Waals surface area contributed by atoms with E-state index in [1.54, 1.807) is 7.11 Å². The van der Waals surface area contributed by atoms with Crippen molar-refractivity contribution in [1.82, 2.24) is 10.6 Å². The second-order valence-corrected chi connectivity index (χ2v) is 5.39. The number of nitrogens with one attached hydrogen (secondary N) is 2. The number of rotatable bonds is 6. The Morgan fingerprint density at radius 1 is 1.43 bits per heavy atom. The van der Waals surface area contributed by atoms with E-state index in [1.165, 1.54) is 12.8 Å². The molecule has 1 saturated heterocycles. The maximum atomic E-state index is 11.9. The number of amides is 1. The predicted octanol–water partition coefficient (Wildman–Crippen LogP) is 2.83. The van der Waals surface area contributed by atoms with E-state index in [2.05, 4.69) is 10.6 Å². The number of methoxy groups -OCH3 is 1. The van der Waals surface area contributed by atoms with Crippen molar-refractivity contribution in [2.75, 3.05) is 13.7 Å². The Hall–Kier alpha value is -1.26. The lowest BCUT2D eigenvalue weighted by molar-refractivity contribution is -0.121. The predicted molar refractivity (Wildman–Crippen MR) is 87.1 cm³/mol. The van der Waals surface area contributed by atoms with Crippen molar-refractivity contribution in [2.45, 2.75) is 44.7 Å². The van der Waals surface area contributed by atoms with Gasteiger partial charge in [-0.15, -0.1) is 12.4 Å². The lowest BCUT2D eigenvalue weighted by atomic mass is 10.1. The number of halogens is 1. The number of ether oxygens (including phenoxy) is 1. The average Bonchev–Trinajstić information content (AvgIpc) is 2.98. The third-order valence-electron chi connectivity index (χ3n) is 3.88. The quantitative estimate of drug-likeness (QED) is 0.849. The summed E-state index contributed by atoms with van der Waals surface area (Å²) in [5, 5.41) is 6.47. The van der Waals surface area contributed by atoms with Crippen LogP contribution in [-0.4, -0.2) is 25.6 Å². The smallest absolute Gasteiger partial charge is 0.220 e. The van der Waals surface area contributed by atoms with Gasteiger partial charge in [-0.05, 0) is 50.4 Å². The van der Waals surface area contributed by atoms with Gasteiger partial charge in [0.1, 0.15) is 5.75 Å². The van der Waals surface area contributed by atoms with Gasteiger partial charge in [0.25, 0.3) is 0 Å². The van der Waals surface area contributed by atoms with Crippen LogP contribution < -0.4 is 15.4 Å². The lowest BCUT2D eigenvalue weighted by Gasteiger charge is -2.16. The largest absolute Gasteiger partial charge is 0.497 e. The molecule has 1 amide bonds. The first kappa shape index (κ1) is 17.8. The zero-order valence-electron chi connectivity index (χ0n) is 12.7. The molecule has 2 N–H and O–H groups in total. The molecule has 0 saturated carbocycles. The summed E-state index contributed by atoms with van der Waals surface area (Å²) in [5.74, 6) is 0.960. The normalized spacial score (nSPS) is 18.7. The van der Waals surface area contributed by atoms with Gasteiger partial charge in [0, 0.05) is 12.5 Å². The summed E-state index contributed by atoms with van der Waals surface area (Å²) in [6.07, 6.45) is 3.95. The zero-order valence-corrected chi connectivity index (χ0v) is 13.5. The molecule has 0 aromatic heterocycles. The van der Waals surface area contributed by atoms with Gasteiger partial charge in [-0.1, -0.05) is 12.1 Å². The molecule has 21 heavy (non-hydrogen) atoms. The van der Waals surface area contributed by atoms with Gasteiger partial charge < -0.3 is 15.4 Å². The van der Waals surface area contributed by atoms with Crippen molar-refractivity contribution in [3.05, 3.63) is 29.8 Å². The molecule has 0 spiro atoms. The molecular weight excluding hydrogens is 288 g/mol. The van der Waals surface area contributed by atoms with Gasteiger partial charge >= 0.3 is 0 Å². The maximum Gasteiger partial charge on any atom is 0.220 e.